The Morgan fingerprint density at radius 2 is 2.00 bits per heavy atom. The van der Waals surface area contributed by atoms with Crippen molar-refractivity contribution in [3.63, 3.8) is 0 Å². The predicted molar refractivity (Wildman–Crippen MR) is 83.1 cm³/mol. The smallest absolute Gasteiger partial charge is 0.332 e. The Morgan fingerprint density at radius 3 is 2.59 bits per heavy atom. The molecule has 0 bridgehead atoms. The van der Waals surface area contributed by atoms with Crippen LogP contribution in [0.3, 0.4) is 0 Å². The Kier molecular flexibility index (Phi) is 4.56. The van der Waals surface area contributed by atoms with Crippen molar-refractivity contribution in [3.8, 4) is 22.6 Å². The van der Waals surface area contributed by atoms with Crippen molar-refractivity contribution in [1.82, 2.24) is 4.98 Å². The van der Waals surface area contributed by atoms with E-state index in [0.717, 1.165) is 0 Å². The first kappa shape index (κ1) is 16.5. The van der Waals surface area contributed by atoms with E-state index in [1.54, 1.807) is 31.3 Å². The molecule has 1 heterocycles. The number of benzene rings is 1. The lowest BCUT2D eigenvalue weighted by Crippen LogP contribution is -1.99. The van der Waals surface area contributed by atoms with E-state index in [1.807, 2.05) is 0 Å². The van der Waals surface area contributed by atoms with Crippen molar-refractivity contribution >= 4 is 7.60 Å². The lowest BCUT2D eigenvalue weighted by Gasteiger charge is -2.18. The van der Waals surface area contributed by atoms with E-state index in [9.17, 15) is 19.5 Å². The summed E-state index contributed by atoms with van der Waals surface area (Å²) in [4.78, 5) is 22.8. The molecule has 2 rings (SSSR count). The topological polar surface area (TPSA) is 99.9 Å². The van der Waals surface area contributed by atoms with Crippen molar-refractivity contribution < 1.29 is 24.2 Å². The van der Waals surface area contributed by atoms with Gasteiger partial charge in [0, 0.05) is 12.4 Å². The van der Waals surface area contributed by atoms with Crippen molar-refractivity contribution in [2.24, 2.45) is 0 Å². The van der Waals surface area contributed by atoms with Gasteiger partial charge in [0.25, 0.3) is 0 Å². The average Bonchev–Trinajstić information content (AvgIpc) is 2.48. The van der Waals surface area contributed by atoms with E-state index in [4.69, 9.17) is 4.74 Å². The molecule has 1 atom stereocenters. The van der Waals surface area contributed by atoms with Crippen LogP contribution in [0.4, 0.5) is 0 Å². The second kappa shape index (κ2) is 6.08. The number of aromatic nitrogens is 1. The van der Waals surface area contributed by atoms with Crippen LogP contribution in [0, 0.1) is 6.92 Å². The molecular formula is C15H18NO5P. The molecule has 0 radical (unpaired) electrons. The van der Waals surface area contributed by atoms with Crippen molar-refractivity contribution in [2.45, 2.75) is 19.5 Å². The van der Waals surface area contributed by atoms with Gasteiger partial charge in [-0.1, -0.05) is 0 Å². The third-order valence-corrected chi connectivity index (χ3v) is 4.89. The molecule has 1 unspecified atom stereocenters. The number of hydrogen-bond donors (Lipinski definition) is 3. The maximum absolute atomic E-state index is 11.6. The first-order chi connectivity index (χ1) is 10.3. The highest BCUT2D eigenvalue weighted by molar-refractivity contribution is 7.52. The van der Waals surface area contributed by atoms with Crippen molar-refractivity contribution in [1.29, 1.82) is 0 Å². The van der Waals surface area contributed by atoms with E-state index in [0.29, 0.717) is 28.0 Å². The number of rotatable bonds is 4. The van der Waals surface area contributed by atoms with E-state index in [-0.39, 0.29) is 5.75 Å². The van der Waals surface area contributed by atoms with Crippen molar-refractivity contribution in [3.05, 3.63) is 41.7 Å². The zero-order chi connectivity index (χ0) is 16.5. The highest BCUT2D eigenvalue weighted by Crippen LogP contribution is 2.53. The average molecular weight is 323 g/mol. The van der Waals surface area contributed by atoms with E-state index in [2.05, 4.69) is 4.98 Å². The lowest BCUT2D eigenvalue weighted by molar-refractivity contribution is 0.361. The zero-order valence-corrected chi connectivity index (χ0v) is 13.4. The van der Waals surface area contributed by atoms with Gasteiger partial charge < -0.3 is 19.6 Å². The minimum Gasteiger partial charge on any atom is -0.504 e. The number of pyridine rings is 1. The molecule has 2 aromatic rings. The van der Waals surface area contributed by atoms with Crippen LogP contribution in [0.2, 0.25) is 0 Å². The minimum absolute atomic E-state index is 0.0462. The molecule has 0 saturated carbocycles. The molecule has 22 heavy (non-hydrogen) atoms. The van der Waals surface area contributed by atoms with Gasteiger partial charge in [0.1, 0.15) is 0 Å². The summed E-state index contributed by atoms with van der Waals surface area (Å²) in [5.74, 6) is 0.353. The molecule has 0 aliphatic carbocycles. The Morgan fingerprint density at radius 1 is 1.32 bits per heavy atom. The number of aromatic hydroxyl groups is 1. The summed E-state index contributed by atoms with van der Waals surface area (Å²) in [6, 6.07) is 5.06. The highest BCUT2D eigenvalue weighted by Gasteiger charge is 2.28. The predicted octanol–water partition coefficient (Wildman–Crippen LogP) is 3.01. The van der Waals surface area contributed by atoms with E-state index >= 15 is 0 Å². The maximum Gasteiger partial charge on any atom is 0.332 e. The first-order valence-electron chi connectivity index (χ1n) is 6.62. The molecule has 3 N–H and O–H groups in total. The van der Waals surface area contributed by atoms with Crippen LogP contribution in [-0.2, 0) is 4.57 Å². The fourth-order valence-electron chi connectivity index (χ4n) is 2.24. The number of phenolic OH excluding ortho intramolecular Hbond substituents is 1. The Hall–Kier alpha value is -1.88. The van der Waals surface area contributed by atoms with Crippen LogP contribution in [0.15, 0.2) is 30.6 Å². The summed E-state index contributed by atoms with van der Waals surface area (Å²) >= 11 is 0. The number of aryl methyl sites for hydroxylation is 1. The van der Waals surface area contributed by atoms with Gasteiger partial charge in [-0.15, -0.1) is 0 Å². The molecule has 0 aliphatic heterocycles. The quantitative estimate of drug-likeness (QED) is 0.748. The van der Waals surface area contributed by atoms with Crippen LogP contribution in [-0.4, -0.2) is 27.0 Å². The molecule has 6 nitrogen and oxygen atoms in total. The van der Waals surface area contributed by atoms with Crippen LogP contribution >= 0.6 is 7.60 Å². The van der Waals surface area contributed by atoms with Crippen LogP contribution < -0.4 is 4.74 Å². The molecule has 118 valence electrons. The third-order valence-electron chi connectivity index (χ3n) is 3.60. The number of phenols is 1. The molecule has 0 saturated heterocycles. The largest absolute Gasteiger partial charge is 0.504 e. The second-order valence-electron chi connectivity index (χ2n) is 5.07. The van der Waals surface area contributed by atoms with Crippen LogP contribution in [0.1, 0.15) is 23.7 Å². The summed E-state index contributed by atoms with van der Waals surface area (Å²) in [6.07, 6.45) is 3.01. The minimum atomic E-state index is -4.29. The molecule has 0 fully saturated rings. The number of ether oxygens (including phenoxy) is 1. The highest BCUT2D eigenvalue weighted by atomic mass is 31.2. The normalized spacial score (nSPS) is 13.0. The fourth-order valence-corrected chi connectivity index (χ4v) is 2.81. The summed E-state index contributed by atoms with van der Waals surface area (Å²) in [6.45, 7) is 3.19. The Bertz CT molecular complexity index is 741. The summed E-state index contributed by atoms with van der Waals surface area (Å²) < 4.78 is 16.7. The first-order valence-corrected chi connectivity index (χ1v) is 8.31. The van der Waals surface area contributed by atoms with Gasteiger partial charge in [0.2, 0.25) is 0 Å². The van der Waals surface area contributed by atoms with Gasteiger partial charge in [-0.05, 0) is 54.3 Å². The van der Waals surface area contributed by atoms with Gasteiger partial charge in [0.15, 0.2) is 11.5 Å². The van der Waals surface area contributed by atoms with Crippen LogP contribution in [0.25, 0.3) is 11.1 Å². The van der Waals surface area contributed by atoms with E-state index in [1.165, 1.54) is 20.2 Å². The molecule has 0 aliphatic rings. The molecule has 7 heteroatoms. The SMILES string of the molecule is COc1cc(-c2ccncc2C(C)P(=O)(O)O)cc(C)c1O. The Balaban J connectivity index is 2.64. The molecule has 0 amide bonds. The van der Waals surface area contributed by atoms with Gasteiger partial charge in [0.05, 0.1) is 12.8 Å². The molecule has 0 spiro atoms. The summed E-state index contributed by atoms with van der Waals surface area (Å²) in [5, 5.41) is 9.91. The van der Waals surface area contributed by atoms with Crippen molar-refractivity contribution in [2.75, 3.05) is 7.11 Å². The van der Waals surface area contributed by atoms with Gasteiger partial charge in [-0.2, -0.15) is 0 Å². The number of hydrogen-bond acceptors (Lipinski definition) is 4. The van der Waals surface area contributed by atoms with Crippen LogP contribution in [0.5, 0.6) is 11.5 Å². The van der Waals surface area contributed by atoms with Gasteiger partial charge >= 0.3 is 7.60 Å². The Labute approximate surface area is 128 Å². The summed E-state index contributed by atoms with van der Waals surface area (Å²) in [5.41, 5.74) is 1.43. The molecule has 1 aromatic carbocycles. The zero-order valence-electron chi connectivity index (χ0n) is 12.5. The number of nitrogens with zero attached hydrogens (tertiary/aromatic N) is 1. The lowest BCUT2D eigenvalue weighted by atomic mass is 9.98. The summed E-state index contributed by atoms with van der Waals surface area (Å²) in [7, 11) is -2.84. The molecule has 1 aromatic heterocycles. The van der Waals surface area contributed by atoms with E-state index < -0.39 is 13.3 Å². The third kappa shape index (κ3) is 3.14. The maximum atomic E-state index is 11.6. The van der Waals surface area contributed by atoms with Gasteiger partial charge in [-0.3, -0.25) is 9.55 Å². The number of methoxy groups -OCH3 is 1. The second-order valence-corrected chi connectivity index (χ2v) is 7.02. The standard InChI is InChI=1S/C15H18NO5P/c1-9-6-11(7-14(21-3)15(9)17)12-4-5-16-8-13(12)10(2)22(18,19)20/h4-8,10,17H,1-3H3,(H2,18,19,20). The molecular weight excluding hydrogens is 305 g/mol. The van der Waals surface area contributed by atoms with Gasteiger partial charge in [-0.25, -0.2) is 0 Å². The fraction of sp³-hybridized carbons (Fsp3) is 0.267. The monoisotopic (exact) mass is 323 g/mol.